The average molecular weight is 219 g/mol. The molecule has 0 saturated heterocycles. The standard InChI is InChI=1S/C7H19N2O.2ClH/c1-9(2,3)6-4-8-5-7-10;;/h8,10H,4-7H2,1-3H3;2*1H/q+1;;/p-1. The van der Waals surface area contributed by atoms with Crippen LogP contribution in [0.1, 0.15) is 0 Å². The van der Waals surface area contributed by atoms with Gasteiger partial charge in [-0.3, -0.25) is 0 Å². The topological polar surface area (TPSA) is 36.8 Å². The second kappa shape index (κ2) is 9.55. The maximum atomic E-state index is 8.46. The molecule has 0 spiro atoms. The number of hydrogen-bond acceptors (Lipinski definition) is 1. The van der Waals surface area contributed by atoms with Crippen LogP contribution in [-0.2, 0) is 0 Å². The Bertz CT molecular complexity index is 86.0. The molecule has 0 rings (SSSR count). The first kappa shape index (κ1) is 18.3. The van der Waals surface area contributed by atoms with E-state index in [1.165, 1.54) is 0 Å². The lowest BCUT2D eigenvalue weighted by molar-refractivity contribution is -0.884. The number of aliphatic hydroxyl groups excluding tert-OH is 1. The van der Waals surface area contributed by atoms with E-state index >= 15 is 0 Å². The first-order chi connectivity index (χ1) is 4.56. The van der Waals surface area contributed by atoms with Crippen molar-refractivity contribution in [2.45, 2.75) is 0 Å². The first-order valence-electron chi connectivity index (χ1n) is 3.79. The van der Waals surface area contributed by atoms with Gasteiger partial charge in [0.25, 0.3) is 0 Å². The third kappa shape index (κ3) is 16.8. The Morgan fingerprint density at radius 3 is 1.92 bits per heavy atom. The van der Waals surface area contributed by atoms with E-state index in [1.807, 2.05) is 0 Å². The molecule has 0 bridgehead atoms. The highest BCUT2D eigenvalue weighted by atomic mass is 35.5. The van der Waals surface area contributed by atoms with Gasteiger partial charge in [0.1, 0.15) is 13.1 Å². The Labute approximate surface area is 87.5 Å². The zero-order valence-electron chi connectivity index (χ0n) is 8.06. The minimum atomic E-state index is 0. The van der Waals surface area contributed by atoms with Gasteiger partial charge >= 0.3 is 0 Å². The van der Waals surface area contributed by atoms with Gasteiger partial charge in [0.2, 0.25) is 0 Å². The normalized spacial score (nSPS) is 10.0. The van der Waals surface area contributed by atoms with E-state index in [4.69, 9.17) is 5.11 Å². The summed E-state index contributed by atoms with van der Waals surface area (Å²) in [4.78, 5) is 0. The lowest BCUT2D eigenvalue weighted by Crippen LogP contribution is -3.00. The molecule has 0 saturated carbocycles. The summed E-state index contributed by atoms with van der Waals surface area (Å²) in [5.41, 5.74) is 0. The van der Waals surface area contributed by atoms with Gasteiger partial charge in [-0.15, -0.1) is 0 Å². The molecule has 0 aliphatic heterocycles. The van der Waals surface area contributed by atoms with Gasteiger partial charge in [0.15, 0.2) is 0 Å². The molecule has 0 fully saturated rings. The van der Waals surface area contributed by atoms with Crippen molar-refractivity contribution in [3.05, 3.63) is 0 Å². The van der Waals surface area contributed by atoms with Crippen molar-refractivity contribution in [3.8, 4) is 0 Å². The van der Waals surface area contributed by atoms with Crippen molar-refractivity contribution in [3.63, 3.8) is 0 Å². The fourth-order valence-corrected chi connectivity index (χ4v) is 0.714. The van der Waals surface area contributed by atoms with Crippen molar-refractivity contribution in [2.24, 2.45) is 0 Å². The monoisotopic (exact) mass is 218 g/mol. The number of aliphatic hydroxyl groups is 1. The van der Waals surface area contributed by atoms with Crippen LogP contribution in [0.4, 0.5) is 0 Å². The molecule has 3 N–H and O–H groups in total. The average Bonchev–Trinajstić information content (AvgIpc) is 1.78. The second-order valence-corrected chi connectivity index (χ2v) is 3.60. The van der Waals surface area contributed by atoms with Crippen molar-refractivity contribution < 1.29 is 39.7 Å². The maximum Gasteiger partial charge on any atom is 0.128 e. The van der Waals surface area contributed by atoms with Crippen LogP contribution in [0.3, 0.4) is 0 Å². The smallest absolute Gasteiger partial charge is 0.128 e. The molecular formula is C7H20Cl2N2O. The Kier molecular flexibility index (Phi) is 14.5. The summed E-state index contributed by atoms with van der Waals surface area (Å²) in [6.45, 7) is 3.38. The van der Waals surface area contributed by atoms with E-state index in [1.54, 1.807) is 0 Å². The quantitative estimate of drug-likeness (QED) is 0.350. The summed E-state index contributed by atoms with van der Waals surface area (Å²) in [7, 11) is 6.52. The number of rotatable bonds is 5. The van der Waals surface area contributed by atoms with Crippen molar-refractivity contribution in [1.82, 2.24) is 0 Å². The van der Waals surface area contributed by atoms with Gasteiger partial charge in [-0.1, -0.05) is 0 Å². The minimum absolute atomic E-state index is 0. The van der Waals surface area contributed by atoms with Crippen LogP contribution in [0.5, 0.6) is 0 Å². The molecular weight excluding hydrogens is 199 g/mol. The van der Waals surface area contributed by atoms with Crippen molar-refractivity contribution in [2.75, 3.05) is 47.4 Å². The fraction of sp³-hybridized carbons (Fsp3) is 1.00. The molecule has 0 atom stereocenters. The summed E-state index contributed by atoms with van der Waals surface area (Å²) in [6.07, 6.45) is 0. The van der Waals surface area contributed by atoms with Gasteiger partial charge < -0.3 is 39.7 Å². The zero-order valence-corrected chi connectivity index (χ0v) is 9.57. The molecule has 78 valence electrons. The lowest BCUT2D eigenvalue weighted by atomic mass is 10.5. The zero-order chi connectivity index (χ0) is 8.04. The number of likely N-dealkylation sites (N-methyl/N-ethyl adjacent to an activating group) is 1. The van der Waals surface area contributed by atoms with Gasteiger partial charge in [-0.25, -0.2) is 0 Å². The molecule has 0 amide bonds. The molecule has 0 aliphatic rings. The van der Waals surface area contributed by atoms with Crippen LogP contribution in [0, 0.1) is 0 Å². The van der Waals surface area contributed by atoms with Crippen LogP contribution >= 0.6 is 0 Å². The van der Waals surface area contributed by atoms with E-state index in [9.17, 15) is 0 Å². The summed E-state index contributed by atoms with van der Waals surface area (Å²) < 4.78 is 1.00. The highest BCUT2D eigenvalue weighted by molar-refractivity contribution is 4.22. The first-order valence-corrected chi connectivity index (χ1v) is 3.79. The van der Waals surface area contributed by atoms with Crippen LogP contribution in [0.15, 0.2) is 0 Å². The van der Waals surface area contributed by atoms with E-state index in [0.29, 0.717) is 0 Å². The molecule has 0 aliphatic carbocycles. The van der Waals surface area contributed by atoms with Crippen LogP contribution in [0.25, 0.3) is 0 Å². The van der Waals surface area contributed by atoms with E-state index in [-0.39, 0.29) is 31.4 Å². The number of nitrogens with zero attached hydrogens (tertiary/aromatic N) is 1. The molecule has 5 heteroatoms. The minimum Gasteiger partial charge on any atom is -1.00 e. The largest absolute Gasteiger partial charge is 1.00 e. The molecule has 12 heavy (non-hydrogen) atoms. The van der Waals surface area contributed by atoms with Crippen LogP contribution in [0.2, 0.25) is 0 Å². The van der Waals surface area contributed by atoms with Crippen LogP contribution in [-0.4, -0.2) is 57.0 Å². The highest BCUT2D eigenvalue weighted by Crippen LogP contribution is 1.83. The second-order valence-electron chi connectivity index (χ2n) is 3.60. The third-order valence-corrected chi connectivity index (χ3v) is 1.34. The molecule has 0 radical (unpaired) electrons. The van der Waals surface area contributed by atoms with E-state index < -0.39 is 0 Å². The number of halogens is 2. The molecule has 0 unspecified atom stereocenters. The Morgan fingerprint density at radius 2 is 1.58 bits per heavy atom. The fourth-order valence-electron chi connectivity index (χ4n) is 0.714. The summed E-state index contributed by atoms with van der Waals surface area (Å²) in [5, 5.41) is 10.6. The van der Waals surface area contributed by atoms with Crippen molar-refractivity contribution >= 4 is 0 Å². The van der Waals surface area contributed by atoms with Crippen LogP contribution < -0.4 is 30.1 Å². The van der Waals surface area contributed by atoms with Gasteiger partial charge in [-0.05, 0) is 0 Å². The summed E-state index contributed by atoms with van der Waals surface area (Å²) in [6, 6.07) is 0. The third-order valence-electron chi connectivity index (χ3n) is 1.34. The van der Waals surface area contributed by atoms with Gasteiger partial charge in [0.05, 0.1) is 34.3 Å². The lowest BCUT2D eigenvalue weighted by Gasteiger charge is -2.22. The summed E-state index contributed by atoms with van der Waals surface area (Å²) in [5.74, 6) is 0. The maximum absolute atomic E-state index is 8.46. The number of quaternary nitrogens is 2. The number of nitrogens with two attached hydrogens (primary N) is 1. The molecule has 3 nitrogen and oxygen atoms in total. The molecule has 0 aromatic heterocycles. The number of hydrogen-bond donors (Lipinski definition) is 2. The van der Waals surface area contributed by atoms with E-state index in [0.717, 1.165) is 24.1 Å². The van der Waals surface area contributed by atoms with Gasteiger partial charge in [-0.2, -0.15) is 0 Å². The Hall–Kier alpha value is 0.460. The Balaban J connectivity index is -0.000000405. The van der Waals surface area contributed by atoms with E-state index in [2.05, 4.69) is 26.5 Å². The van der Waals surface area contributed by atoms with Gasteiger partial charge in [0, 0.05) is 0 Å². The summed E-state index contributed by atoms with van der Waals surface area (Å²) >= 11 is 0. The predicted molar refractivity (Wildman–Crippen MR) is 41.6 cm³/mol. The van der Waals surface area contributed by atoms with Crippen molar-refractivity contribution in [1.29, 1.82) is 0 Å². The SMILES string of the molecule is C[N+](C)(C)CC[NH2+]CCO.[Cl-].[Cl-]. The predicted octanol–water partition coefficient (Wildman–Crippen LogP) is -7.74. The Morgan fingerprint density at radius 1 is 1.08 bits per heavy atom. The molecule has 0 aromatic carbocycles. The highest BCUT2D eigenvalue weighted by Gasteiger charge is 2.05. The molecule has 0 aromatic rings. The molecule has 0 heterocycles.